The number of morpholine rings is 1. The summed E-state index contributed by atoms with van der Waals surface area (Å²) in [6.45, 7) is 3.80. The number of anilines is 1. The molecule has 4 N–H and O–H groups in total. The van der Waals surface area contributed by atoms with E-state index in [0.717, 1.165) is 31.7 Å². The van der Waals surface area contributed by atoms with Crippen molar-refractivity contribution in [2.24, 2.45) is 7.05 Å². The van der Waals surface area contributed by atoms with Crippen LogP contribution in [0.2, 0.25) is 0 Å². The van der Waals surface area contributed by atoms with Crippen LogP contribution >= 0.6 is 0 Å². The first-order valence-corrected chi connectivity index (χ1v) is 8.54. The second-order valence-corrected chi connectivity index (χ2v) is 5.95. The Kier molecular flexibility index (Phi) is 9.83. The zero-order valence-corrected chi connectivity index (χ0v) is 15.3. The molecule has 3 heterocycles. The van der Waals surface area contributed by atoms with E-state index < -0.39 is 5.54 Å². The van der Waals surface area contributed by atoms with Crippen molar-refractivity contribution in [2.45, 2.75) is 18.4 Å². The molecule has 1 amide bonds. The number of amides is 1. The highest BCUT2D eigenvalue weighted by molar-refractivity contribution is 5.89. The summed E-state index contributed by atoms with van der Waals surface area (Å²) in [5.41, 5.74) is -0.545. The molecule has 1 aromatic heterocycles. The van der Waals surface area contributed by atoms with Gasteiger partial charge in [0.2, 0.25) is 5.91 Å². The molecule has 3 rings (SSSR count). The van der Waals surface area contributed by atoms with Crippen molar-refractivity contribution in [1.82, 2.24) is 20.0 Å². The van der Waals surface area contributed by atoms with Crippen LogP contribution in [-0.4, -0.2) is 88.7 Å². The molecule has 2 saturated heterocycles. The summed E-state index contributed by atoms with van der Waals surface area (Å²) in [6.07, 6.45) is 3.44. The summed E-state index contributed by atoms with van der Waals surface area (Å²) in [5.74, 6) is 0.943. The molecule has 2 aliphatic heterocycles. The van der Waals surface area contributed by atoms with Crippen LogP contribution in [-0.2, 0) is 26.2 Å². The molecule has 1 aromatic rings. The van der Waals surface area contributed by atoms with Gasteiger partial charge in [0.15, 0.2) is 0 Å². The Bertz CT molecular complexity index is 576. The van der Waals surface area contributed by atoms with Crippen LogP contribution in [0.4, 0.5) is 5.82 Å². The number of nitrogens with one attached hydrogen (secondary N) is 2. The number of rotatable bonds is 3. The van der Waals surface area contributed by atoms with Gasteiger partial charge in [0.05, 0.1) is 13.2 Å². The number of hydrogen-bond acceptors (Lipinski definition) is 7. The molecule has 0 aliphatic carbocycles. The maximum atomic E-state index is 13.0. The molecule has 0 atom stereocenters. The lowest BCUT2D eigenvalue weighted by Gasteiger charge is -2.41. The van der Waals surface area contributed by atoms with Crippen LogP contribution in [0.15, 0.2) is 12.3 Å². The summed E-state index contributed by atoms with van der Waals surface area (Å²) >= 11 is 0. The van der Waals surface area contributed by atoms with Gasteiger partial charge < -0.3 is 30.5 Å². The minimum Gasteiger partial charge on any atom is -0.483 e. The highest BCUT2D eigenvalue weighted by Crippen LogP contribution is 2.26. The van der Waals surface area contributed by atoms with Crippen LogP contribution in [0.25, 0.3) is 0 Å². The Morgan fingerprint density at radius 3 is 2.30 bits per heavy atom. The predicted molar refractivity (Wildman–Crippen MR) is 96.5 cm³/mol. The highest BCUT2D eigenvalue weighted by Gasteiger charge is 2.42. The number of aryl methyl sites for hydroxylation is 1. The Morgan fingerprint density at radius 1 is 1.26 bits per heavy atom. The van der Waals surface area contributed by atoms with E-state index in [4.69, 9.17) is 24.5 Å². The molecule has 11 heteroatoms. The maximum Gasteiger partial charge on any atom is 0.290 e. The fourth-order valence-corrected chi connectivity index (χ4v) is 3.04. The van der Waals surface area contributed by atoms with Crippen LogP contribution < -0.4 is 10.6 Å². The van der Waals surface area contributed by atoms with Gasteiger partial charge in [0.25, 0.3) is 12.9 Å². The van der Waals surface area contributed by atoms with E-state index in [0.29, 0.717) is 26.3 Å². The molecule has 0 bridgehead atoms. The number of hydrogen-bond donors (Lipinski definition) is 4. The Hall–Kier alpha value is -2.66. The minimum atomic E-state index is -0.545. The summed E-state index contributed by atoms with van der Waals surface area (Å²) in [4.78, 5) is 31.7. The fourth-order valence-electron chi connectivity index (χ4n) is 3.04. The average molecular weight is 385 g/mol. The van der Waals surface area contributed by atoms with Gasteiger partial charge in [-0.25, -0.2) is 0 Å². The van der Waals surface area contributed by atoms with E-state index in [1.54, 1.807) is 4.68 Å². The Labute approximate surface area is 157 Å². The maximum absolute atomic E-state index is 13.0. The van der Waals surface area contributed by atoms with Gasteiger partial charge in [0, 0.05) is 32.4 Å². The topological polar surface area (TPSA) is 146 Å². The first kappa shape index (κ1) is 22.4. The second-order valence-electron chi connectivity index (χ2n) is 5.95. The van der Waals surface area contributed by atoms with Gasteiger partial charge in [-0.1, -0.05) is 0 Å². The van der Waals surface area contributed by atoms with Gasteiger partial charge in [-0.15, -0.1) is 0 Å². The van der Waals surface area contributed by atoms with Crippen LogP contribution in [0.1, 0.15) is 12.8 Å². The zero-order valence-electron chi connectivity index (χ0n) is 15.3. The lowest BCUT2D eigenvalue weighted by molar-refractivity contribution is -0.141. The summed E-state index contributed by atoms with van der Waals surface area (Å²) in [5, 5.41) is 24.9. The average Bonchev–Trinajstić information content (AvgIpc) is 3.08. The highest BCUT2D eigenvalue weighted by atomic mass is 16.5. The summed E-state index contributed by atoms with van der Waals surface area (Å²) in [7, 11) is 1.88. The third-order valence-corrected chi connectivity index (χ3v) is 4.25. The van der Waals surface area contributed by atoms with Gasteiger partial charge in [-0.05, 0) is 25.9 Å². The largest absolute Gasteiger partial charge is 0.483 e. The molecule has 0 saturated carbocycles. The number of aromatic nitrogens is 2. The van der Waals surface area contributed by atoms with Crippen molar-refractivity contribution >= 4 is 24.7 Å². The van der Waals surface area contributed by atoms with E-state index in [2.05, 4.69) is 15.7 Å². The van der Waals surface area contributed by atoms with Gasteiger partial charge in [0.1, 0.15) is 11.4 Å². The van der Waals surface area contributed by atoms with Gasteiger partial charge in [-0.2, -0.15) is 5.10 Å². The molecule has 27 heavy (non-hydrogen) atoms. The van der Waals surface area contributed by atoms with E-state index in [1.807, 2.05) is 24.2 Å². The number of ether oxygens (including phenoxy) is 1. The first-order valence-electron chi connectivity index (χ1n) is 8.54. The van der Waals surface area contributed by atoms with E-state index in [9.17, 15) is 4.79 Å². The molecule has 2 aliphatic rings. The quantitative estimate of drug-likeness (QED) is 0.492. The Morgan fingerprint density at radius 2 is 1.81 bits per heavy atom. The third-order valence-electron chi connectivity index (χ3n) is 4.25. The number of carboxylic acid groups (broad SMARTS) is 2. The lowest BCUT2D eigenvalue weighted by atomic mass is 9.86. The van der Waals surface area contributed by atoms with Crippen LogP contribution in [0, 0.1) is 0 Å². The molecule has 152 valence electrons. The Balaban J connectivity index is 0.000000540. The van der Waals surface area contributed by atoms with Crippen molar-refractivity contribution < 1.29 is 29.3 Å². The normalized spacial score (nSPS) is 18.0. The number of piperidine rings is 1. The van der Waals surface area contributed by atoms with Crippen LogP contribution in [0.5, 0.6) is 0 Å². The molecule has 0 unspecified atom stereocenters. The predicted octanol–water partition coefficient (Wildman–Crippen LogP) is -0.785. The smallest absolute Gasteiger partial charge is 0.290 e. The molecule has 11 nitrogen and oxygen atoms in total. The third kappa shape index (κ3) is 6.87. The van der Waals surface area contributed by atoms with E-state index in [1.165, 1.54) is 0 Å². The number of carbonyl (C=O) groups excluding carboxylic acids is 1. The molecule has 0 aromatic carbocycles. The summed E-state index contributed by atoms with van der Waals surface area (Å²) in [6, 6.07) is 1.91. The monoisotopic (exact) mass is 385 g/mol. The van der Waals surface area contributed by atoms with Crippen molar-refractivity contribution in [1.29, 1.82) is 0 Å². The van der Waals surface area contributed by atoms with Crippen LogP contribution in [0.3, 0.4) is 0 Å². The molecule has 0 spiro atoms. The van der Waals surface area contributed by atoms with Gasteiger partial charge in [-0.3, -0.25) is 19.1 Å². The fraction of sp³-hybridized carbons (Fsp3) is 0.625. The van der Waals surface area contributed by atoms with Crippen molar-refractivity contribution in [3.63, 3.8) is 0 Å². The second kappa shape index (κ2) is 11.9. The van der Waals surface area contributed by atoms with E-state index >= 15 is 0 Å². The molecule has 0 radical (unpaired) electrons. The standard InChI is InChI=1S/C14H23N5O2.2CH2O2/c1-18-7-2-12(17-18)16-14(3-5-15-6-4-14)13(20)19-8-10-21-11-9-19;2*2-1-3/h2,7,15H,3-6,8-11H2,1H3,(H,16,17);2*1H,(H,2,3). The van der Waals surface area contributed by atoms with Crippen molar-refractivity contribution in [3.05, 3.63) is 12.3 Å². The first-order chi connectivity index (χ1) is 13.0. The lowest BCUT2D eigenvalue weighted by Crippen LogP contribution is -2.60. The van der Waals surface area contributed by atoms with Crippen molar-refractivity contribution in [3.8, 4) is 0 Å². The zero-order chi connectivity index (χ0) is 20.1. The number of nitrogens with zero attached hydrogens (tertiary/aromatic N) is 3. The van der Waals surface area contributed by atoms with E-state index in [-0.39, 0.29) is 18.9 Å². The minimum absolute atomic E-state index is 0.179. The molecular weight excluding hydrogens is 358 g/mol. The SMILES string of the molecule is Cn1ccc(NC2(C(=O)N3CCOCC3)CCNCC2)n1.O=CO.O=CO. The number of carbonyl (C=O) groups is 3. The van der Waals surface area contributed by atoms with Gasteiger partial charge >= 0.3 is 0 Å². The summed E-state index contributed by atoms with van der Waals surface area (Å²) < 4.78 is 7.10. The van der Waals surface area contributed by atoms with Crippen molar-refractivity contribution in [2.75, 3.05) is 44.7 Å². The molecule has 2 fully saturated rings. The molecular formula is C16H27N5O6.